The summed E-state index contributed by atoms with van der Waals surface area (Å²) in [5.41, 5.74) is 5.71. The molecule has 6 rings (SSSR count). The molecule has 7 heteroatoms. The highest BCUT2D eigenvalue weighted by atomic mass is 16.5. The van der Waals surface area contributed by atoms with Crippen LogP contribution in [0.2, 0.25) is 0 Å². The summed E-state index contributed by atoms with van der Waals surface area (Å²) in [5.74, 6) is 0.733. The largest absolute Gasteiger partial charge is 0.493 e. The van der Waals surface area contributed by atoms with Gasteiger partial charge in [0, 0.05) is 55.1 Å². The molecule has 4 aromatic rings. The lowest BCUT2D eigenvalue weighted by Crippen LogP contribution is -2.37. The Balaban J connectivity index is 1.28. The standard InChI is InChI=1S/C32H36N4O3/c1-23-12-15-36(30-6-3-2-5-29(30)34-23)32(37)26-7-9-27(24-8-10-28-25(21-24)11-13-33-28)31(22-26)39-18-4-14-35-16-19-38-20-17-35/h2-3,5-11,13,21-23,33-34H,4,12,14-20H2,1H3/t23-/m0/s1. The first-order valence-corrected chi connectivity index (χ1v) is 14.0. The summed E-state index contributed by atoms with van der Waals surface area (Å²) in [6.45, 7) is 7.91. The number of rotatable bonds is 7. The Morgan fingerprint density at radius 3 is 2.79 bits per heavy atom. The molecule has 2 N–H and O–H groups in total. The summed E-state index contributed by atoms with van der Waals surface area (Å²) in [4.78, 5) is 21.5. The first-order valence-electron chi connectivity index (χ1n) is 14.0. The summed E-state index contributed by atoms with van der Waals surface area (Å²) >= 11 is 0. The molecule has 0 radical (unpaired) electrons. The van der Waals surface area contributed by atoms with Crippen LogP contribution in [-0.4, -0.2) is 67.8 Å². The molecule has 3 aromatic carbocycles. The van der Waals surface area contributed by atoms with E-state index in [4.69, 9.17) is 9.47 Å². The van der Waals surface area contributed by atoms with E-state index in [1.54, 1.807) is 0 Å². The summed E-state index contributed by atoms with van der Waals surface area (Å²) in [7, 11) is 0. The predicted molar refractivity (Wildman–Crippen MR) is 157 cm³/mol. The zero-order valence-electron chi connectivity index (χ0n) is 22.5. The molecule has 0 bridgehead atoms. The Kier molecular flexibility index (Phi) is 7.52. The minimum atomic E-state index is -0.0100. The van der Waals surface area contributed by atoms with Gasteiger partial charge in [0.2, 0.25) is 0 Å². The number of morpholine rings is 1. The van der Waals surface area contributed by atoms with Gasteiger partial charge in [-0.1, -0.05) is 18.2 Å². The second-order valence-corrected chi connectivity index (χ2v) is 10.5. The van der Waals surface area contributed by atoms with Crippen molar-refractivity contribution < 1.29 is 14.3 Å². The fourth-order valence-electron chi connectivity index (χ4n) is 5.51. The molecule has 2 aliphatic rings. The van der Waals surface area contributed by atoms with Crippen LogP contribution in [0.15, 0.2) is 72.9 Å². The van der Waals surface area contributed by atoms with Crippen LogP contribution in [-0.2, 0) is 4.74 Å². The monoisotopic (exact) mass is 524 g/mol. The van der Waals surface area contributed by atoms with Crippen LogP contribution in [0.3, 0.4) is 0 Å². The van der Waals surface area contributed by atoms with Crippen LogP contribution in [0.25, 0.3) is 22.0 Å². The number of H-pyrrole nitrogens is 1. The van der Waals surface area contributed by atoms with Gasteiger partial charge in [0.15, 0.2) is 0 Å². The molecule has 202 valence electrons. The maximum Gasteiger partial charge on any atom is 0.258 e. The molecule has 0 spiro atoms. The summed E-state index contributed by atoms with van der Waals surface area (Å²) < 4.78 is 11.9. The molecule has 1 amide bonds. The highest BCUT2D eigenvalue weighted by molar-refractivity contribution is 6.08. The lowest BCUT2D eigenvalue weighted by atomic mass is 10.0. The molecular weight excluding hydrogens is 488 g/mol. The summed E-state index contributed by atoms with van der Waals surface area (Å²) in [6.07, 6.45) is 3.74. The van der Waals surface area contributed by atoms with Gasteiger partial charge in [-0.25, -0.2) is 0 Å². The van der Waals surface area contributed by atoms with Crippen molar-refractivity contribution in [3.63, 3.8) is 0 Å². The van der Waals surface area contributed by atoms with E-state index in [2.05, 4.69) is 46.4 Å². The third kappa shape index (κ3) is 5.65. The molecule has 0 aliphatic carbocycles. The van der Waals surface area contributed by atoms with Gasteiger partial charge in [-0.2, -0.15) is 0 Å². The molecule has 1 fully saturated rings. The quantitative estimate of drug-likeness (QED) is 0.300. The third-order valence-corrected chi connectivity index (χ3v) is 7.70. The molecule has 0 unspecified atom stereocenters. The molecular formula is C32H36N4O3. The van der Waals surface area contributed by atoms with Crippen molar-refractivity contribution in [3.05, 3.63) is 78.5 Å². The maximum absolute atomic E-state index is 13.9. The lowest BCUT2D eigenvalue weighted by Gasteiger charge is -2.26. The van der Waals surface area contributed by atoms with Crippen molar-refractivity contribution in [1.82, 2.24) is 9.88 Å². The second-order valence-electron chi connectivity index (χ2n) is 10.5. The fraction of sp³-hybridized carbons (Fsp3) is 0.344. The Morgan fingerprint density at radius 1 is 1.03 bits per heavy atom. The Bertz CT molecular complexity index is 1440. The summed E-state index contributed by atoms with van der Waals surface area (Å²) in [6, 6.07) is 22.7. The number of benzene rings is 3. The average Bonchev–Trinajstić information content (AvgIpc) is 3.37. The predicted octanol–water partition coefficient (Wildman–Crippen LogP) is 5.79. The van der Waals surface area contributed by atoms with Gasteiger partial charge in [-0.3, -0.25) is 9.69 Å². The Labute approximate surface area is 229 Å². The molecule has 0 saturated carbocycles. The van der Waals surface area contributed by atoms with Crippen LogP contribution in [0.5, 0.6) is 5.75 Å². The fourth-order valence-corrected chi connectivity index (χ4v) is 5.51. The lowest BCUT2D eigenvalue weighted by molar-refractivity contribution is 0.0358. The number of aromatic nitrogens is 1. The zero-order chi connectivity index (χ0) is 26.6. The normalized spacial score (nSPS) is 17.9. The van der Waals surface area contributed by atoms with Gasteiger partial charge >= 0.3 is 0 Å². The van der Waals surface area contributed by atoms with Gasteiger partial charge in [0.1, 0.15) is 5.75 Å². The van der Waals surface area contributed by atoms with E-state index in [0.717, 1.165) is 84.8 Å². The smallest absolute Gasteiger partial charge is 0.258 e. The number of anilines is 2. The van der Waals surface area contributed by atoms with Crippen molar-refractivity contribution in [1.29, 1.82) is 0 Å². The highest BCUT2D eigenvalue weighted by Crippen LogP contribution is 2.35. The van der Waals surface area contributed by atoms with E-state index in [1.165, 1.54) is 0 Å². The number of amides is 1. The molecule has 39 heavy (non-hydrogen) atoms. The number of hydrogen-bond donors (Lipinski definition) is 2. The van der Waals surface area contributed by atoms with Crippen LogP contribution in [0.4, 0.5) is 11.4 Å². The van der Waals surface area contributed by atoms with Crippen LogP contribution < -0.4 is 15.0 Å². The number of fused-ring (bicyclic) bond motifs is 2. The maximum atomic E-state index is 13.9. The third-order valence-electron chi connectivity index (χ3n) is 7.70. The zero-order valence-corrected chi connectivity index (χ0v) is 22.5. The molecule has 2 aliphatic heterocycles. The number of carbonyl (C=O) groups is 1. The van der Waals surface area contributed by atoms with Crippen LogP contribution in [0.1, 0.15) is 30.1 Å². The first kappa shape index (κ1) is 25.5. The first-order chi connectivity index (χ1) is 19.2. The summed E-state index contributed by atoms with van der Waals surface area (Å²) in [5, 5.41) is 4.69. The van der Waals surface area contributed by atoms with Gasteiger partial charge in [0.25, 0.3) is 5.91 Å². The second kappa shape index (κ2) is 11.5. The average molecular weight is 525 g/mol. The number of carbonyl (C=O) groups excluding carboxylic acids is 1. The van der Waals surface area contributed by atoms with Crippen molar-refractivity contribution in [3.8, 4) is 16.9 Å². The van der Waals surface area contributed by atoms with Crippen molar-refractivity contribution in [2.24, 2.45) is 0 Å². The van der Waals surface area contributed by atoms with Crippen molar-refractivity contribution >= 4 is 28.2 Å². The number of hydrogen-bond acceptors (Lipinski definition) is 5. The topological polar surface area (TPSA) is 69.8 Å². The highest BCUT2D eigenvalue weighted by Gasteiger charge is 2.25. The number of nitrogens with zero attached hydrogens (tertiary/aromatic N) is 2. The minimum Gasteiger partial charge on any atom is -0.493 e. The number of aromatic amines is 1. The van der Waals surface area contributed by atoms with E-state index < -0.39 is 0 Å². The SMILES string of the molecule is C[C@H]1CCN(C(=O)c2ccc(-c3ccc4[nH]ccc4c3)c(OCCCN3CCOCC3)c2)c2ccccc2N1. The van der Waals surface area contributed by atoms with Gasteiger partial charge in [-0.05, 0) is 79.2 Å². The van der Waals surface area contributed by atoms with Gasteiger partial charge < -0.3 is 24.7 Å². The van der Waals surface area contributed by atoms with Gasteiger partial charge in [-0.15, -0.1) is 0 Å². The molecule has 7 nitrogen and oxygen atoms in total. The molecule has 3 heterocycles. The van der Waals surface area contributed by atoms with Gasteiger partial charge in [0.05, 0.1) is 31.2 Å². The van der Waals surface area contributed by atoms with Crippen LogP contribution in [0, 0.1) is 0 Å². The van der Waals surface area contributed by atoms with E-state index in [9.17, 15) is 4.79 Å². The number of nitrogens with one attached hydrogen (secondary N) is 2. The Morgan fingerprint density at radius 2 is 1.90 bits per heavy atom. The minimum absolute atomic E-state index is 0.0100. The number of ether oxygens (including phenoxy) is 2. The molecule has 1 aromatic heterocycles. The Hall–Kier alpha value is -3.81. The van der Waals surface area contributed by atoms with E-state index in [1.807, 2.05) is 53.6 Å². The van der Waals surface area contributed by atoms with Crippen LogP contribution >= 0.6 is 0 Å². The van der Waals surface area contributed by atoms with E-state index in [0.29, 0.717) is 24.8 Å². The molecule has 1 atom stereocenters. The van der Waals surface area contributed by atoms with Crippen molar-refractivity contribution in [2.75, 3.05) is 56.2 Å². The van der Waals surface area contributed by atoms with Crippen molar-refractivity contribution in [2.45, 2.75) is 25.8 Å². The van der Waals surface area contributed by atoms with E-state index >= 15 is 0 Å². The number of para-hydroxylation sites is 2. The molecule has 1 saturated heterocycles. The van der Waals surface area contributed by atoms with E-state index in [-0.39, 0.29) is 5.91 Å².